The number of allylic oxidation sites excluding steroid dienone is 1. The third-order valence-electron chi connectivity index (χ3n) is 3.84. The Bertz CT molecular complexity index is 361. The number of nitrogens with zero attached hydrogens (tertiary/aromatic N) is 1. The Labute approximate surface area is 127 Å². The lowest BCUT2D eigenvalue weighted by molar-refractivity contribution is -0.121. The summed E-state index contributed by atoms with van der Waals surface area (Å²) >= 11 is 0. The van der Waals surface area contributed by atoms with Crippen LogP contribution in [-0.2, 0) is 14.3 Å². The van der Waals surface area contributed by atoms with Crippen molar-refractivity contribution in [3.63, 3.8) is 0 Å². The maximum absolute atomic E-state index is 11.8. The average Bonchev–Trinajstić information content (AvgIpc) is 2.46. The summed E-state index contributed by atoms with van der Waals surface area (Å²) in [6.45, 7) is 8.73. The number of morpholine rings is 1. The van der Waals surface area contributed by atoms with Crippen LogP contribution < -0.4 is 5.32 Å². The van der Waals surface area contributed by atoms with Crippen LogP contribution in [0.2, 0.25) is 0 Å². The first kappa shape index (κ1) is 16.3. The molecule has 5 heteroatoms. The van der Waals surface area contributed by atoms with E-state index in [2.05, 4.69) is 24.1 Å². The third kappa shape index (κ3) is 5.67. The number of hydrogen-bond acceptors (Lipinski definition) is 4. The van der Waals surface area contributed by atoms with Crippen LogP contribution in [0.25, 0.3) is 0 Å². The lowest BCUT2D eigenvalue weighted by Gasteiger charge is -2.35. The van der Waals surface area contributed by atoms with E-state index in [0.717, 1.165) is 51.9 Å². The molecule has 1 saturated heterocycles. The minimum atomic E-state index is -0.0664. The summed E-state index contributed by atoms with van der Waals surface area (Å²) in [6.07, 6.45) is 6.57. The van der Waals surface area contributed by atoms with Crippen molar-refractivity contribution in [3.8, 4) is 0 Å². The van der Waals surface area contributed by atoms with Gasteiger partial charge in [-0.25, -0.2) is 0 Å². The fourth-order valence-corrected chi connectivity index (χ4v) is 2.93. The second kappa shape index (κ2) is 8.39. The fourth-order valence-electron chi connectivity index (χ4n) is 2.93. The van der Waals surface area contributed by atoms with Crippen molar-refractivity contribution < 1.29 is 14.3 Å². The zero-order valence-electron chi connectivity index (χ0n) is 13.3. The summed E-state index contributed by atoms with van der Waals surface area (Å²) in [5.41, 5.74) is 0. The van der Waals surface area contributed by atoms with Gasteiger partial charge in [-0.1, -0.05) is 0 Å². The molecule has 0 unspecified atom stereocenters. The molecule has 1 amide bonds. The highest BCUT2D eigenvalue weighted by Gasteiger charge is 2.21. The summed E-state index contributed by atoms with van der Waals surface area (Å²) in [7, 11) is 0. The van der Waals surface area contributed by atoms with Gasteiger partial charge in [0.05, 0.1) is 18.8 Å². The number of carbonyl (C=O) groups excluding carboxylic acids is 1. The number of rotatable bonds is 6. The minimum absolute atomic E-state index is 0.0664. The lowest BCUT2D eigenvalue weighted by Crippen LogP contribution is -2.45. The van der Waals surface area contributed by atoms with Gasteiger partial charge in [0.1, 0.15) is 0 Å². The van der Waals surface area contributed by atoms with Crippen molar-refractivity contribution in [2.75, 3.05) is 32.8 Å². The van der Waals surface area contributed by atoms with E-state index in [1.807, 2.05) is 6.08 Å². The molecule has 0 aromatic rings. The summed E-state index contributed by atoms with van der Waals surface area (Å²) < 4.78 is 11.1. The number of ether oxygens (including phenoxy) is 2. The molecule has 120 valence electrons. The van der Waals surface area contributed by atoms with E-state index >= 15 is 0 Å². The van der Waals surface area contributed by atoms with E-state index in [1.54, 1.807) is 0 Å². The van der Waals surface area contributed by atoms with Gasteiger partial charge in [-0.05, 0) is 52.2 Å². The Balaban J connectivity index is 1.55. The van der Waals surface area contributed by atoms with Crippen molar-refractivity contribution in [2.24, 2.45) is 0 Å². The van der Waals surface area contributed by atoms with Gasteiger partial charge in [0.25, 0.3) is 5.91 Å². The van der Waals surface area contributed by atoms with E-state index in [4.69, 9.17) is 9.47 Å². The number of amides is 1. The van der Waals surface area contributed by atoms with Gasteiger partial charge in [0, 0.05) is 19.6 Å². The van der Waals surface area contributed by atoms with Gasteiger partial charge in [0.15, 0.2) is 5.76 Å². The average molecular weight is 296 g/mol. The third-order valence-corrected chi connectivity index (χ3v) is 3.84. The molecule has 0 radical (unpaired) electrons. The molecule has 1 fully saturated rings. The van der Waals surface area contributed by atoms with Gasteiger partial charge in [-0.15, -0.1) is 0 Å². The van der Waals surface area contributed by atoms with Crippen molar-refractivity contribution in [3.05, 3.63) is 11.8 Å². The topological polar surface area (TPSA) is 50.8 Å². The van der Waals surface area contributed by atoms with Gasteiger partial charge >= 0.3 is 0 Å². The van der Waals surface area contributed by atoms with Crippen LogP contribution in [0.1, 0.15) is 39.5 Å². The van der Waals surface area contributed by atoms with Crippen LogP contribution in [0.4, 0.5) is 0 Å². The Hall–Kier alpha value is -1.07. The molecule has 2 heterocycles. The quantitative estimate of drug-likeness (QED) is 0.758. The maximum Gasteiger partial charge on any atom is 0.286 e. The van der Waals surface area contributed by atoms with Crippen LogP contribution >= 0.6 is 0 Å². The zero-order chi connectivity index (χ0) is 15.1. The van der Waals surface area contributed by atoms with Gasteiger partial charge in [-0.3, -0.25) is 9.69 Å². The lowest BCUT2D eigenvalue weighted by atomic mass is 10.2. The van der Waals surface area contributed by atoms with E-state index in [1.165, 1.54) is 0 Å². The first-order chi connectivity index (χ1) is 10.1. The van der Waals surface area contributed by atoms with Crippen LogP contribution in [0.5, 0.6) is 0 Å². The zero-order valence-corrected chi connectivity index (χ0v) is 13.3. The number of unbranched alkanes of at least 4 members (excludes halogenated alkanes) is 1. The van der Waals surface area contributed by atoms with E-state index in [-0.39, 0.29) is 5.91 Å². The highest BCUT2D eigenvalue weighted by atomic mass is 16.5. The Kier molecular flexibility index (Phi) is 6.51. The summed E-state index contributed by atoms with van der Waals surface area (Å²) in [4.78, 5) is 14.3. The van der Waals surface area contributed by atoms with E-state index in [0.29, 0.717) is 24.6 Å². The Morgan fingerprint density at radius 2 is 2.10 bits per heavy atom. The molecule has 2 rings (SSSR count). The first-order valence-corrected chi connectivity index (χ1v) is 8.14. The monoisotopic (exact) mass is 296 g/mol. The van der Waals surface area contributed by atoms with Crippen molar-refractivity contribution in [1.82, 2.24) is 10.2 Å². The van der Waals surface area contributed by atoms with E-state index < -0.39 is 0 Å². The summed E-state index contributed by atoms with van der Waals surface area (Å²) in [6, 6.07) is 0. The molecule has 2 aliphatic rings. The molecule has 0 spiro atoms. The van der Waals surface area contributed by atoms with Crippen LogP contribution in [-0.4, -0.2) is 55.8 Å². The molecule has 0 aliphatic carbocycles. The van der Waals surface area contributed by atoms with Crippen LogP contribution in [0, 0.1) is 0 Å². The molecule has 0 aromatic heterocycles. The van der Waals surface area contributed by atoms with Gasteiger partial charge in [0.2, 0.25) is 0 Å². The Morgan fingerprint density at radius 1 is 1.33 bits per heavy atom. The maximum atomic E-state index is 11.8. The molecular weight excluding hydrogens is 268 g/mol. The van der Waals surface area contributed by atoms with Crippen molar-refractivity contribution in [2.45, 2.75) is 51.7 Å². The molecule has 0 saturated carbocycles. The second-order valence-corrected chi connectivity index (χ2v) is 6.04. The molecule has 0 aromatic carbocycles. The molecule has 2 atom stereocenters. The predicted molar refractivity (Wildman–Crippen MR) is 82.0 cm³/mol. The number of hydrogen-bond donors (Lipinski definition) is 1. The molecule has 21 heavy (non-hydrogen) atoms. The standard InChI is InChI=1S/C16H28N2O3/c1-13-11-18(12-14(2)21-13)9-5-4-8-17-16(19)15-7-3-6-10-20-15/h7,13-14H,3-6,8-12H2,1-2H3,(H,17,19)/t13-,14-/m1/s1. The minimum Gasteiger partial charge on any atom is -0.488 e. The van der Waals surface area contributed by atoms with Crippen molar-refractivity contribution >= 4 is 5.91 Å². The number of carbonyl (C=O) groups is 1. The molecule has 0 bridgehead atoms. The fraction of sp³-hybridized carbons (Fsp3) is 0.812. The smallest absolute Gasteiger partial charge is 0.286 e. The molecular formula is C16H28N2O3. The largest absolute Gasteiger partial charge is 0.488 e. The SMILES string of the molecule is C[C@@H]1CN(CCCCNC(=O)C2=CCCCO2)C[C@@H](C)O1. The van der Waals surface area contributed by atoms with Gasteiger partial charge in [-0.2, -0.15) is 0 Å². The second-order valence-electron chi connectivity index (χ2n) is 6.04. The first-order valence-electron chi connectivity index (χ1n) is 8.14. The summed E-state index contributed by atoms with van der Waals surface area (Å²) in [5, 5.41) is 2.93. The van der Waals surface area contributed by atoms with E-state index in [9.17, 15) is 4.79 Å². The highest BCUT2D eigenvalue weighted by molar-refractivity contribution is 5.91. The van der Waals surface area contributed by atoms with Crippen LogP contribution in [0.15, 0.2) is 11.8 Å². The molecule has 2 aliphatic heterocycles. The summed E-state index contributed by atoms with van der Waals surface area (Å²) in [5.74, 6) is 0.431. The normalized spacial score (nSPS) is 26.9. The molecule has 1 N–H and O–H groups in total. The Morgan fingerprint density at radius 3 is 2.76 bits per heavy atom. The molecule has 5 nitrogen and oxygen atoms in total. The van der Waals surface area contributed by atoms with Crippen molar-refractivity contribution in [1.29, 1.82) is 0 Å². The van der Waals surface area contributed by atoms with Gasteiger partial charge < -0.3 is 14.8 Å². The van der Waals surface area contributed by atoms with Crippen LogP contribution in [0.3, 0.4) is 0 Å². The number of nitrogens with one attached hydrogen (secondary N) is 1. The highest BCUT2D eigenvalue weighted by Crippen LogP contribution is 2.11. The predicted octanol–water partition coefficient (Wildman–Crippen LogP) is 1.69.